The van der Waals surface area contributed by atoms with E-state index >= 15 is 0 Å². The van der Waals surface area contributed by atoms with Crippen LogP contribution in [0.15, 0.2) is 58.6 Å². The summed E-state index contributed by atoms with van der Waals surface area (Å²) in [5, 5.41) is -0.668. The van der Waals surface area contributed by atoms with E-state index in [4.69, 9.17) is 4.74 Å². The Bertz CT molecular complexity index is 631. The molecule has 0 aliphatic rings. The first-order valence-corrected chi connectivity index (χ1v) is 7.25. The third kappa shape index (κ3) is 3.54. The summed E-state index contributed by atoms with van der Waals surface area (Å²) in [6.07, 6.45) is 1.27. The van der Waals surface area contributed by atoms with Gasteiger partial charge >= 0.3 is 0 Å². The van der Waals surface area contributed by atoms with Crippen molar-refractivity contribution < 1.29 is 13.3 Å². The van der Waals surface area contributed by atoms with Gasteiger partial charge < -0.3 is 4.74 Å². The van der Waals surface area contributed by atoms with Crippen molar-refractivity contribution in [1.29, 1.82) is 0 Å². The van der Waals surface area contributed by atoms with Crippen LogP contribution in [0.4, 0.5) is 4.39 Å². The smallest absolute Gasteiger partial charge is 0.192 e. The van der Waals surface area contributed by atoms with Crippen LogP contribution in [0.25, 0.3) is 6.08 Å². The van der Waals surface area contributed by atoms with E-state index in [0.29, 0.717) is 16.2 Å². The molecule has 20 heavy (non-hydrogen) atoms. The molecule has 0 saturated heterocycles. The van der Waals surface area contributed by atoms with Crippen molar-refractivity contribution in [2.45, 2.75) is 11.8 Å². The summed E-state index contributed by atoms with van der Waals surface area (Å²) in [6.45, 7) is 1.93. The highest BCUT2D eigenvalue weighted by atomic mass is 32.2. The van der Waals surface area contributed by atoms with E-state index in [-0.39, 0.29) is 0 Å². The lowest BCUT2D eigenvalue weighted by Crippen LogP contribution is -1.92. The Morgan fingerprint density at radius 2 is 1.70 bits per heavy atom. The number of ether oxygens (including phenoxy) is 1. The fourth-order valence-electron chi connectivity index (χ4n) is 1.66. The minimum absolute atomic E-state index is 0.456. The second kappa shape index (κ2) is 6.48. The zero-order valence-corrected chi connectivity index (χ0v) is 12.1. The van der Waals surface area contributed by atoms with Gasteiger partial charge in [0, 0.05) is 4.90 Å². The molecule has 0 fully saturated rings. The maximum absolute atomic E-state index is 14.0. The largest absolute Gasteiger partial charge is 0.497 e. The average molecular weight is 290 g/mol. The van der Waals surface area contributed by atoms with Gasteiger partial charge in [0.15, 0.2) is 5.16 Å². The number of rotatable bonds is 4. The molecule has 2 aromatic carbocycles. The van der Waals surface area contributed by atoms with Crippen LogP contribution in [-0.4, -0.2) is 11.3 Å². The standard InChI is InChI=1S/C16H15FO2S/c1-12-3-9-15(10-4-12)20(18)16(17)11-13-5-7-14(19-2)8-6-13/h3-11H,1-2H3/b16-11+/t20-/m0/s1. The molecule has 2 nitrogen and oxygen atoms in total. The molecule has 0 bridgehead atoms. The molecule has 104 valence electrons. The molecular weight excluding hydrogens is 275 g/mol. The molecule has 0 unspecified atom stereocenters. The van der Waals surface area contributed by atoms with E-state index in [1.807, 2.05) is 19.1 Å². The Morgan fingerprint density at radius 1 is 1.10 bits per heavy atom. The average Bonchev–Trinajstić information content (AvgIpc) is 2.48. The van der Waals surface area contributed by atoms with Crippen molar-refractivity contribution in [3.63, 3.8) is 0 Å². The molecule has 0 spiro atoms. The van der Waals surface area contributed by atoms with Crippen molar-refractivity contribution in [2.75, 3.05) is 7.11 Å². The molecular formula is C16H15FO2S. The predicted molar refractivity (Wildman–Crippen MR) is 79.7 cm³/mol. The summed E-state index contributed by atoms with van der Waals surface area (Å²) >= 11 is 0. The molecule has 0 amide bonds. The second-order valence-electron chi connectivity index (χ2n) is 4.30. The highest BCUT2D eigenvalue weighted by Crippen LogP contribution is 2.20. The summed E-state index contributed by atoms with van der Waals surface area (Å²) in [7, 11) is -0.214. The lowest BCUT2D eigenvalue weighted by molar-refractivity contribution is 0.415. The molecule has 2 aromatic rings. The van der Waals surface area contributed by atoms with Gasteiger partial charge in [-0.25, -0.2) is 4.21 Å². The summed E-state index contributed by atoms with van der Waals surface area (Å²) in [6, 6.07) is 13.9. The normalized spacial score (nSPS) is 13.1. The fourth-order valence-corrected chi connectivity index (χ4v) is 2.51. The molecule has 0 N–H and O–H groups in total. The third-order valence-electron chi connectivity index (χ3n) is 2.81. The van der Waals surface area contributed by atoms with E-state index in [0.717, 1.165) is 5.56 Å². The monoisotopic (exact) mass is 290 g/mol. The summed E-state index contributed by atoms with van der Waals surface area (Å²) in [5.74, 6) is 0.696. The molecule has 0 aliphatic carbocycles. The van der Waals surface area contributed by atoms with Gasteiger partial charge in [0.1, 0.15) is 16.5 Å². The Balaban J connectivity index is 2.20. The SMILES string of the molecule is COc1ccc(/C=C(\F)[S@@](=O)c2ccc(C)cc2)cc1. The number of halogens is 1. The van der Waals surface area contributed by atoms with E-state index in [9.17, 15) is 8.60 Å². The van der Waals surface area contributed by atoms with Crippen LogP contribution in [0.5, 0.6) is 5.75 Å². The lowest BCUT2D eigenvalue weighted by Gasteiger charge is -2.02. The summed E-state index contributed by atoms with van der Waals surface area (Å²) in [5.41, 5.74) is 1.69. The molecule has 0 aliphatic heterocycles. The third-order valence-corrected chi connectivity index (χ3v) is 3.98. The molecule has 0 aromatic heterocycles. The number of methoxy groups -OCH3 is 1. The maximum atomic E-state index is 14.0. The molecule has 2 rings (SSSR count). The van der Waals surface area contributed by atoms with Crippen LogP contribution in [0, 0.1) is 6.92 Å². The Kier molecular flexibility index (Phi) is 4.69. The van der Waals surface area contributed by atoms with Gasteiger partial charge in [0.2, 0.25) is 0 Å². The molecule has 0 radical (unpaired) electrons. The first kappa shape index (κ1) is 14.5. The maximum Gasteiger partial charge on any atom is 0.192 e. The lowest BCUT2D eigenvalue weighted by atomic mass is 10.2. The second-order valence-corrected chi connectivity index (χ2v) is 5.70. The van der Waals surface area contributed by atoms with Crippen molar-refractivity contribution in [2.24, 2.45) is 0 Å². The van der Waals surface area contributed by atoms with E-state index in [1.54, 1.807) is 43.5 Å². The van der Waals surface area contributed by atoms with Gasteiger partial charge in [-0.15, -0.1) is 0 Å². The van der Waals surface area contributed by atoms with Crippen molar-refractivity contribution >= 4 is 16.9 Å². The van der Waals surface area contributed by atoms with Gasteiger partial charge in [-0.1, -0.05) is 29.8 Å². The van der Waals surface area contributed by atoms with Gasteiger partial charge in [0.05, 0.1) is 7.11 Å². The topological polar surface area (TPSA) is 26.3 Å². The fraction of sp³-hybridized carbons (Fsp3) is 0.125. The number of hydrogen-bond acceptors (Lipinski definition) is 2. The molecule has 4 heteroatoms. The van der Waals surface area contributed by atoms with Gasteiger partial charge in [0.25, 0.3) is 0 Å². The van der Waals surface area contributed by atoms with Gasteiger partial charge in [-0.2, -0.15) is 4.39 Å². The predicted octanol–water partition coefficient (Wildman–Crippen LogP) is 4.08. The Labute approximate surface area is 120 Å². The highest BCUT2D eigenvalue weighted by Gasteiger charge is 2.09. The van der Waals surface area contributed by atoms with Crippen LogP contribution >= 0.6 is 0 Å². The van der Waals surface area contributed by atoms with Gasteiger partial charge in [-0.05, 0) is 42.8 Å². The van der Waals surface area contributed by atoms with Crippen molar-refractivity contribution in [3.05, 3.63) is 64.8 Å². The van der Waals surface area contributed by atoms with Crippen LogP contribution in [-0.2, 0) is 10.8 Å². The molecule has 0 heterocycles. The van der Waals surface area contributed by atoms with E-state index in [2.05, 4.69) is 0 Å². The quantitative estimate of drug-likeness (QED) is 0.848. The minimum atomic E-state index is -1.78. The van der Waals surface area contributed by atoms with Crippen molar-refractivity contribution in [3.8, 4) is 5.75 Å². The number of benzene rings is 2. The Hall–Kier alpha value is -1.94. The highest BCUT2D eigenvalue weighted by molar-refractivity contribution is 7.89. The summed E-state index contributed by atoms with van der Waals surface area (Å²) in [4.78, 5) is 0.456. The summed E-state index contributed by atoms with van der Waals surface area (Å²) < 4.78 is 31.0. The van der Waals surface area contributed by atoms with E-state index in [1.165, 1.54) is 6.08 Å². The van der Waals surface area contributed by atoms with Crippen molar-refractivity contribution in [1.82, 2.24) is 0 Å². The van der Waals surface area contributed by atoms with Crippen LogP contribution in [0.3, 0.4) is 0 Å². The molecule has 0 saturated carbocycles. The zero-order chi connectivity index (χ0) is 14.5. The Morgan fingerprint density at radius 3 is 2.25 bits per heavy atom. The first-order chi connectivity index (χ1) is 9.60. The van der Waals surface area contributed by atoms with E-state index < -0.39 is 16.0 Å². The number of hydrogen-bond donors (Lipinski definition) is 0. The first-order valence-electron chi connectivity index (χ1n) is 6.10. The zero-order valence-electron chi connectivity index (χ0n) is 11.3. The van der Waals surface area contributed by atoms with Gasteiger partial charge in [-0.3, -0.25) is 0 Å². The number of aryl methyl sites for hydroxylation is 1. The molecule has 1 atom stereocenters. The van der Waals surface area contributed by atoms with Crippen LogP contribution in [0.2, 0.25) is 0 Å². The van der Waals surface area contributed by atoms with Crippen LogP contribution < -0.4 is 4.74 Å². The van der Waals surface area contributed by atoms with Crippen LogP contribution in [0.1, 0.15) is 11.1 Å². The minimum Gasteiger partial charge on any atom is -0.497 e.